The van der Waals surface area contributed by atoms with Gasteiger partial charge in [-0.25, -0.2) is 4.98 Å². The van der Waals surface area contributed by atoms with Gasteiger partial charge in [-0.1, -0.05) is 19.9 Å². The number of nitrogens with zero attached hydrogens (tertiary/aromatic N) is 2. The van der Waals surface area contributed by atoms with Crippen molar-refractivity contribution < 1.29 is 5.11 Å². The predicted octanol–water partition coefficient (Wildman–Crippen LogP) is 3.25. The van der Waals surface area contributed by atoms with E-state index < -0.39 is 0 Å². The summed E-state index contributed by atoms with van der Waals surface area (Å²) < 4.78 is 0. The van der Waals surface area contributed by atoms with E-state index in [9.17, 15) is 5.11 Å². The molecular weight excluding hydrogens is 244 g/mol. The van der Waals surface area contributed by atoms with Gasteiger partial charge in [0.2, 0.25) is 0 Å². The van der Waals surface area contributed by atoms with Crippen LogP contribution in [0, 0.1) is 12.8 Å². The van der Waals surface area contributed by atoms with Crippen LogP contribution in [0.3, 0.4) is 0 Å². The van der Waals surface area contributed by atoms with Crippen LogP contribution in [0.4, 0.5) is 0 Å². The molecule has 0 aliphatic heterocycles. The van der Waals surface area contributed by atoms with Crippen molar-refractivity contribution in [2.24, 2.45) is 5.92 Å². The molecule has 4 heteroatoms. The fourth-order valence-corrected chi connectivity index (χ4v) is 3.26. The summed E-state index contributed by atoms with van der Waals surface area (Å²) in [6.45, 7) is 6.42. The Kier molecular flexibility index (Phi) is 4.09. The summed E-state index contributed by atoms with van der Waals surface area (Å²) in [5, 5.41) is 10.5. The molecular formula is C14H18N2OS. The molecule has 0 fully saturated rings. The highest BCUT2D eigenvalue weighted by molar-refractivity contribution is 7.15. The summed E-state index contributed by atoms with van der Waals surface area (Å²) in [7, 11) is 0. The zero-order valence-corrected chi connectivity index (χ0v) is 11.7. The Bertz CT molecular complexity index is 508. The number of thiazole rings is 1. The van der Waals surface area contributed by atoms with Gasteiger partial charge in [0.25, 0.3) is 0 Å². The van der Waals surface area contributed by atoms with Crippen LogP contribution in [-0.4, -0.2) is 21.7 Å². The van der Waals surface area contributed by atoms with E-state index in [-0.39, 0.29) is 12.5 Å². The third kappa shape index (κ3) is 2.60. The van der Waals surface area contributed by atoms with Crippen molar-refractivity contribution in [1.29, 1.82) is 0 Å². The molecule has 0 radical (unpaired) electrons. The molecule has 2 aromatic rings. The predicted molar refractivity (Wildman–Crippen MR) is 74.7 cm³/mol. The average molecular weight is 262 g/mol. The molecule has 2 rings (SSSR count). The van der Waals surface area contributed by atoms with Gasteiger partial charge in [-0.2, -0.15) is 0 Å². The van der Waals surface area contributed by atoms with Gasteiger partial charge in [-0.05, 0) is 25.0 Å². The van der Waals surface area contributed by atoms with Crippen LogP contribution in [0.25, 0.3) is 10.7 Å². The Morgan fingerprint density at radius 2 is 2.11 bits per heavy atom. The van der Waals surface area contributed by atoms with Crippen LogP contribution in [-0.2, 0) is 0 Å². The monoisotopic (exact) mass is 262 g/mol. The molecule has 0 aromatic carbocycles. The van der Waals surface area contributed by atoms with Crippen molar-refractivity contribution in [3.8, 4) is 10.7 Å². The lowest BCUT2D eigenvalue weighted by atomic mass is 9.94. The van der Waals surface area contributed by atoms with Gasteiger partial charge >= 0.3 is 0 Å². The van der Waals surface area contributed by atoms with Crippen molar-refractivity contribution in [3.05, 3.63) is 35.0 Å². The molecule has 96 valence electrons. The van der Waals surface area contributed by atoms with E-state index in [1.54, 1.807) is 17.5 Å². The first-order valence-corrected chi connectivity index (χ1v) is 6.94. The van der Waals surface area contributed by atoms with E-state index in [1.165, 1.54) is 4.88 Å². The van der Waals surface area contributed by atoms with E-state index in [4.69, 9.17) is 0 Å². The summed E-state index contributed by atoms with van der Waals surface area (Å²) in [5.41, 5.74) is 1.91. The van der Waals surface area contributed by atoms with Gasteiger partial charge in [0, 0.05) is 17.0 Å². The number of aromatic nitrogens is 2. The number of aliphatic hydroxyl groups is 1. The number of aliphatic hydroxyl groups excluding tert-OH is 1. The number of hydrogen-bond donors (Lipinski definition) is 1. The maximum absolute atomic E-state index is 9.52. The molecule has 0 aliphatic carbocycles. The first-order valence-electron chi connectivity index (χ1n) is 6.13. The fraction of sp³-hybridized carbons (Fsp3) is 0.429. The van der Waals surface area contributed by atoms with Crippen LogP contribution in [0.1, 0.15) is 30.3 Å². The summed E-state index contributed by atoms with van der Waals surface area (Å²) >= 11 is 1.64. The summed E-state index contributed by atoms with van der Waals surface area (Å²) in [5.74, 6) is 0.575. The quantitative estimate of drug-likeness (QED) is 0.920. The van der Waals surface area contributed by atoms with E-state index in [0.29, 0.717) is 5.92 Å². The molecule has 2 heterocycles. The van der Waals surface area contributed by atoms with Crippen molar-refractivity contribution >= 4 is 11.3 Å². The van der Waals surface area contributed by atoms with Crippen molar-refractivity contribution in [2.45, 2.75) is 26.7 Å². The second-order valence-corrected chi connectivity index (χ2v) is 5.75. The van der Waals surface area contributed by atoms with Gasteiger partial charge in [0.1, 0.15) is 5.01 Å². The van der Waals surface area contributed by atoms with E-state index >= 15 is 0 Å². The Balaban J connectivity index is 2.38. The molecule has 18 heavy (non-hydrogen) atoms. The van der Waals surface area contributed by atoms with Crippen LogP contribution in [0.5, 0.6) is 0 Å². The summed E-state index contributed by atoms with van der Waals surface area (Å²) in [4.78, 5) is 10.1. The lowest BCUT2D eigenvalue weighted by molar-refractivity contribution is 0.239. The van der Waals surface area contributed by atoms with E-state index in [0.717, 1.165) is 16.4 Å². The summed E-state index contributed by atoms with van der Waals surface area (Å²) in [6.07, 6.45) is 1.78. The minimum absolute atomic E-state index is 0.167. The van der Waals surface area contributed by atoms with Gasteiger partial charge < -0.3 is 5.11 Å². The Morgan fingerprint density at radius 1 is 1.33 bits per heavy atom. The molecule has 0 bridgehead atoms. The lowest BCUT2D eigenvalue weighted by Gasteiger charge is -2.16. The highest BCUT2D eigenvalue weighted by Crippen LogP contribution is 2.35. The fourth-order valence-electron chi connectivity index (χ4n) is 1.95. The Hall–Kier alpha value is -1.26. The number of hydrogen-bond acceptors (Lipinski definition) is 4. The highest BCUT2D eigenvalue weighted by atomic mass is 32.1. The molecule has 0 spiro atoms. The first kappa shape index (κ1) is 13.2. The maximum atomic E-state index is 9.52. The minimum Gasteiger partial charge on any atom is -0.396 e. The summed E-state index contributed by atoms with van der Waals surface area (Å²) in [6, 6.07) is 5.83. The average Bonchev–Trinajstić information content (AvgIpc) is 2.73. The molecule has 1 atom stereocenters. The lowest BCUT2D eigenvalue weighted by Crippen LogP contribution is -2.10. The first-order chi connectivity index (χ1) is 8.63. The minimum atomic E-state index is 0.167. The largest absolute Gasteiger partial charge is 0.396 e. The third-order valence-electron chi connectivity index (χ3n) is 3.05. The second kappa shape index (κ2) is 5.59. The molecule has 0 saturated heterocycles. The van der Waals surface area contributed by atoms with Gasteiger partial charge in [-0.15, -0.1) is 11.3 Å². The number of aryl methyl sites for hydroxylation is 1. The number of pyridine rings is 1. The maximum Gasteiger partial charge on any atom is 0.142 e. The zero-order valence-electron chi connectivity index (χ0n) is 10.9. The molecule has 2 aromatic heterocycles. The molecule has 3 nitrogen and oxygen atoms in total. The topological polar surface area (TPSA) is 46.0 Å². The van der Waals surface area contributed by atoms with Crippen LogP contribution >= 0.6 is 11.3 Å². The smallest absolute Gasteiger partial charge is 0.142 e. The standard InChI is InChI=1S/C14H18N2OS/c1-9(2)11(8-17)13-10(3)16-14(18-13)12-6-4-5-7-15-12/h4-7,9,11,17H,8H2,1-3H3. The Morgan fingerprint density at radius 3 is 2.67 bits per heavy atom. The molecule has 1 unspecified atom stereocenters. The third-order valence-corrected chi connectivity index (χ3v) is 4.37. The van der Waals surface area contributed by atoms with Gasteiger partial charge in [0.05, 0.1) is 18.0 Å². The van der Waals surface area contributed by atoms with Crippen LogP contribution in [0.2, 0.25) is 0 Å². The highest BCUT2D eigenvalue weighted by Gasteiger charge is 2.21. The van der Waals surface area contributed by atoms with Crippen molar-refractivity contribution in [3.63, 3.8) is 0 Å². The van der Waals surface area contributed by atoms with E-state index in [2.05, 4.69) is 23.8 Å². The SMILES string of the molecule is Cc1nc(-c2ccccn2)sc1C(CO)C(C)C. The molecule has 0 amide bonds. The number of rotatable bonds is 4. The second-order valence-electron chi connectivity index (χ2n) is 4.72. The van der Waals surface area contributed by atoms with Crippen molar-refractivity contribution in [1.82, 2.24) is 9.97 Å². The van der Waals surface area contributed by atoms with Gasteiger partial charge in [0.15, 0.2) is 0 Å². The molecule has 0 saturated carbocycles. The van der Waals surface area contributed by atoms with Crippen LogP contribution in [0.15, 0.2) is 24.4 Å². The Labute approximate surface area is 112 Å². The van der Waals surface area contributed by atoms with Gasteiger partial charge in [-0.3, -0.25) is 4.98 Å². The van der Waals surface area contributed by atoms with Crippen LogP contribution < -0.4 is 0 Å². The van der Waals surface area contributed by atoms with E-state index in [1.807, 2.05) is 25.1 Å². The molecule has 1 N–H and O–H groups in total. The zero-order chi connectivity index (χ0) is 13.1. The van der Waals surface area contributed by atoms with Crippen molar-refractivity contribution in [2.75, 3.05) is 6.61 Å². The normalized spacial score (nSPS) is 12.9. The molecule has 0 aliphatic rings.